The van der Waals surface area contributed by atoms with Gasteiger partial charge in [0.15, 0.2) is 0 Å². The maximum Gasteiger partial charge on any atom is 0.305 e. The van der Waals surface area contributed by atoms with Gasteiger partial charge in [0.2, 0.25) is 0 Å². The van der Waals surface area contributed by atoms with E-state index in [0.29, 0.717) is 5.56 Å². The molecule has 0 saturated heterocycles. The first-order valence-electron chi connectivity index (χ1n) is 5.61. The van der Waals surface area contributed by atoms with Crippen molar-refractivity contribution in [2.75, 3.05) is 13.7 Å². The Morgan fingerprint density at radius 2 is 1.94 bits per heavy atom. The highest BCUT2D eigenvalue weighted by Crippen LogP contribution is 2.23. The molecule has 1 rings (SSSR count). The van der Waals surface area contributed by atoms with Gasteiger partial charge in [0.05, 0.1) is 13.5 Å². The van der Waals surface area contributed by atoms with E-state index in [0.717, 1.165) is 16.9 Å². The molecule has 0 aliphatic rings. The zero-order chi connectivity index (χ0) is 13.7. The van der Waals surface area contributed by atoms with E-state index in [-0.39, 0.29) is 18.9 Å². The summed E-state index contributed by atoms with van der Waals surface area (Å²) in [4.78, 5) is 22.2. The minimum absolute atomic E-state index is 0.0834. The summed E-state index contributed by atoms with van der Waals surface area (Å²) < 4.78 is 5.16. The molecule has 98 valence electrons. The summed E-state index contributed by atoms with van der Waals surface area (Å²) in [6.07, 6.45) is -0.0834. The standard InChI is InChI=1S/C13H17NO4/c1-8-9(2)11(18-3)5-4-10(8)13(17)14-7-6-12(15)16/h4-5H,6-7H2,1-3H3,(H,14,17)(H,15,16). The van der Waals surface area contributed by atoms with E-state index in [2.05, 4.69) is 5.32 Å². The molecule has 0 atom stereocenters. The Morgan fingerprint density at radius 1 is 1.28 bits per heavy atom. The first-order valence-corrected chi connectivity index (χ1v) is 5.61. The fourth-order valence-corrected chi connectivity index (χ4v) is 1.64. The number of nitrogens with one attached hydrogen (secondary N) is 1. The number of benzene rings is 1. The molecule has 2 N–H and O–H groups in total. The molecule has 0 spiro atoms. The highest BCUT2D eigenvalue weighted by molar-refractivity contribution is 5.96. The third-order valence-corrected chi connectivity index (χ3v) is 2.83. The van der Waals surface area contributed by atoms with Crippen molar-refractivity contribution in [1.29, 1.82) is 0 Å². The maximum atomic E-state index is 11.9. The average Bonchev–Trinajstić information content (AvgIpc) is 2.32. The lowest BCUT2D eigenvalue weighted by Gasteiger charge is -2.12. The van der Waals surface area contributed by atoms with Crippen LogP contribution in [-0.4, -0.2) is 30.6 Å². The number of amides is 1. The van der Waals surface area contributed by atoms with Crippen LogP contribution < -0.4 is 10.1 Å². The van der Waals surface area contributed by atoms with Crippen LogP contribution >= 0.6 is 0 Å². The van der Waals surface area contributed by atoms with Gasteiger partial charge in [-0.1, -0.05) is 0 Å². The van der Waals surface area contributed by atoms with Crippen molar-refractivity contribution in [2.24, 2.45) is 0 Å². The zero-order valence-electron chi connectivity index (χ0n) is 10.7. The molecule has 5 nitrogen and oxygen atoms in total. The smallest absolute Gasteiger partial charge is 0.305 e. The van der Waals surface area contributed by atoms with Gasteiger partial charge in [-0.2, -0.15) is 0 Å². The molecule has 0 unspecified atom stereocenters. The second-order valence-corrected chi connectivity index (χ2v) is 3.97. The normalized spacial score (nSPS) is 9.94. The molecule has 18 heavy (non-hydrogen) atoms. The van der Waals surface area contributed by atoms with E-state index in [9.17, 15) is 9.59 Å². The number of carboxylic acid groups (broad SMARTS) is 1. The van der Waals surface area contributed by atoms with Gasteiger partial charge in [-0.3, -0.25) is 9.59 Å². The molecule has 0 aromatic heterocycles. The van der Waals surface area contributed by atoms with Crippen molar-refractivity contribution >= 4 is 11.9 Å². The van der Waals surface area contributed by atoms with Crippen LogP contribution in [0.1, 0.15) is 27.9 Å². The second kappa shape index (κ2) is 6.05. The molecular weight excluding hydrogens is 234 g/mol. The molecule has 1 aromatic rings. The number of hydrogen-bond acceptors (Lipinski definition) is 3. The zero-order valence-corrected chi connectivity index (χ0v) is 10.7. The van der Waals surface area contributed by atoms with Crippen LogP contribution in [-0.2, 0) is 4.79 Å². The van der Waals surface area contributed by atoms with Crippen LogP contribution in [0.4, 0.5) is 0 Å². The number of carbonyl (C=O) groups excluding carboxylic acids is 1. The predicted molar refractivity (Wildman–Crippen MR) is 67.1 cm³/mol. The van der Waals surface area contributed by atoms with E-state index >= 15 is 0 Å². The first kappa shape index (κ1) is 14.0. The van der Waals surface area contributed by atoms with Crippen molar-refractivity contribution in [3.63, 3.8) is 0 Å². The van der Waals surface area contributed by atoms with Crippen molar-refractivity contribution < 1.29 is 19.4 Å². The molecule has 0 aliphatic heterocycles. The summed E-state index contributed by atoms with van der Waals surface area (Å²) in [5.41, 5.74) is 2.28. The highest BCUT2D eigenvalue weighted by Gasteiger charge is 2.13. The Bertz CT molecular complexity index is 468. The van der Waals surface area contributed by atoms with Gasteiger partial charge in [-0.05, 0) is 37.1 Å². The van der Waals surface area contributed by atoms with Gasteiger partial charge in [-0.15, -0.1) is 0 Å². The van der Waals surface area contributed by atoms with Gasteiger partial charge in [0.1, 0.15) is 5.75 Å². The van der Waals surface area contributed by atoms with Gasteiger partial charge in [0, 0.05) is 12.1 Å². The van der Waals surface area contributed by atoms with Crippen molar-refractivity contribution in [1.82, 2.24) is 5.32 Å². The number of hydrogen-bond donors (Lipinski definition) is 2. The molecule has 1 amide bonds. The summed E-state index contributed by atoms with van der Waals surface area (Å²) >= 11 is 0. The van der Waals surface area contributed by atoms with Gasteiger partial charge >= 0.3 is 5.97 Å². The Balaban J connectivity index is 2.80. The highest BCUT2D eigenvalue weighted by atomic mass is 16.5. The third-order valence-electron chi connectivity index (χ3n) is 2.83. The quantitative estimate of drug-likeness (QED) is 0.831. The predicted octanol–water partition coefficient (Wildman–Crippen LogP) is 1.52. The molecule has 1 aromatic carbocycles. The minimum atomic E-state index is -0.932. The van der Waals surface area contributed by atoms with Crippen molar-refractivity contribution in [3.05, 3.63) is 28.8 Å². The SMILES string of the molecule is COc1ccc(C(=O)NCCC(=O)O)c(C)c1C. The fourth-order valence-electron chi connectivity index (χ4n) is 1.64. The van der Waals surface area contributed by atoms with E-state index in [1.165, 1.54) is 0 Å². The number of carbonyl (C=O) groups is 2. The Kier molecular flexibility index (Phi) is 4.71. The summed E-state index contributed by atoms with van der Waals surface area (Å²) in [6.45, 7) is 3.84. The molecule has 0 fully saturated rings. The number of carboxylic acids is 1. The summed E-state index contributed by atoms with van der Waals surface area (Å²) in [7, 11) is 1.58. The van der Waals surface area contributed by atoms with Crippen LogP contribution in [0.25, 0.3) is 0 Å². The van der Waals surface area contributed by atoms with Crippen LogP contribution in [0.5, 0.6) is 5.75 Å². The third kappa shape index (κ3) is 3.23. The Hall–Kier alpha value is -2.04. The van der Waals surface area contributed by atoms with Crippen LogP contribution in [0.2, 0.25) is 0 Å². The Labute approximate surface area is 106 Å². The molecule has 0 radical (unpaired) electrons. The molecular formula is C13H17NO4. The maximum absolute atomic E-state index is 11.9. The lowest BCUT2D eigenvalue weighted by Crippen LogP contribution is -2.26. The summed E-state index contributed by atoms with van der Waals surface area (Å²) in [5.74, 6) is -0.466. The van der Waals surface area contributed by atoms with Crippen LogP contribution in [0.3, 0.4) is 0 Å². The number of rotatable bonds is 5. The van der Waals surface area contributed by atoms with E-state index in [1.807, 2.05) is 13.8 Å². The lowest BCUT2D eigenvalue weighted by atomic mass is 10.0. The molecule has 0 bridgehead atoms. The molecule has 5 heteroatoms. The lowest BCUT2D eigenvalue weighted by molar-refractivity contribution is -0.136. The Morgan fingerprint density at radius 3 is 2.50 bits per heavy atom. The monoisotopic (exact) mass is 251 g/mol. The minimum Gasteiger partial charge on any atom is -0.496 e. The molecule has 0 saturated carbocycles. The summed E-state index contributed by atoms with van der Waals surface area (Å²) in [6, 6.07) is 3.41. The van der Waals surface area contributed by atoms with Crippen LogP contribution in [0, 0.1) is 13.8 Å². The number of methoxy groups -OCH3 is 1. The van der Waals surface area contributed by atoms with Crippen LogP contribution in [0.15, 0.2) is 12.1 Å². The van der Waals surface area contributed by atoms with E-state index in [4.69, 9.17) is 9.84 Å². The van der Waals surface area contributed by atoms with Crippen molar-refractivity contribution in [3.8, 4) is 5.75 Å². The largest absolute Gasteiger partial charge is 0.496 e. The van der Waals surface area contributed by atoms with Gasteiger partial charge < -0.3 is 15.2 Å². The topological polar surface area (TPSA) is 75.6 Å². The van der Waals surface area contributed by atoms with Gasteiger partial charge in [-0.25, -0.2) is 0 Å². The molecule has 0 heterocycles. The van der Waals surface area contributed by atoms with Gasteiger partial charge in [0.25, 0.3) is 5.91 Å². The van der Waals surface area contributed by atoms with E-state index in [1.54, 1.807) is 19.2 Å². The average molecular weight is 251 g/mol. The summed E-state index contributed by atoms with van der Waals surface area (Å²) in [5, 5.41) is 11.1. The number of aliphatic carboxylic acids is 1. The molecule has 0 aliphatic carbocycles. The number of ether oxygens (including phenoxy) is 1. The van der Waals surface area contributed by atoms with E-state index < -0.39 is 5.97 Å². The second-order valence-electron chi connectivity index (χ2n) is 3.97. The first-order chi connectivity index (χ1) is 8.47. The van der Waals surface area contributed by atoms with Crippen molar-refractivity contribution in [2.45, 2.75) is 20.3 Å². The fraction of sp³-hybridized carbons (Fsp3) is 0.385.